The number of nitrogen functional groups attached to an aromatic ring is 1. The van der Waals surface area contributed by atoms with Crippen molar-refractivity contribution in [2.75, 3.05) is 5.73 Å². The lowest BCUT2D eigenvalue weighted by atomic mass is 10.2. The fourth-order valence-electron chi connectivity index (χ4n) is 1.49. The van der Waals surface area contributed by atoms with Crippen molar-refractivity contribution in [3.05, 3.63) is 30.6 Å². The van der Waals surface area contributed by atoms with Crippen molar-refractivity contribution in [2.45, 2.75) is 0 Å². The zero-order chi connectivity index (χ0) is 11.8. The number of nitrogens with two attached hydrogens (primary N) is 1. The van der Waals surface area contributed by atoms with Crippen molar-refractivity contribution in [1.29, 1.82) is 0 Å². The van der Waals surface area contributed by atoms with Gasteiger partial charge in [0.25, 0.3) is 0 Å². The topological polar surface area (TPSA) is 84.9 Å². The Kier molecular flexibility index (Phi) is 2.15. The lowest BCUT2D eigenvalue weighted by Crippen LogP contribution is -1.86. The smallest absolute Gasteiger partial charge is 0.190 e. The molecule has 3 N–H and O–H groups in total. The quantitative estimate of drug-likeness (QED) is 0.505. The maximum Gasteiger partial charge on any atom is 0.190 e. The molecule has 0 unspecified atom stereocenters. The number of nitrogens with zero attached hydrogens (tertiary/aromatic N) is 3. The van der Waals surface area contributed by atoms with Crippen LogP contribution in [0.4, 0.5) is 5.69 Å². The highest BCUT2D eigenvalue weighted by Gasteiger charge is 2.08. The van der Waals surface area contributed by atoms with E-state index in [2.05, 4.69) is 15.0 Å². The highest BCUT2D eigenvalue weighted by molar-refractivity contribution is 7.21. The Hall–Kier alpha value is -2.21. The molecular formula is C11H8N4OS. The van der Waals surface area contributed by atoms with Gasteiger partial charge in [0.1, 0.15) is 10.8 Å². The third kappa shape index (κ3) is 1.68. The van der Waals surface area contributed by atoms with E-state index >= 15 is 0 Å². The summed E-state index contributed by atoms with van der Waals surface area (Å²) in [5.41, 5.74) is 7.46. The molecule has 0 aliphatic carbocycles. The summed E-state index contributed by atoms with van der Waals surface area (Å²) in [4.78, 5) is 13.5. The summed E-state index contributed by atoms with van der Waals surface area (Å²) in [7, 11) is 0. The number of hydrogen-bond donors (Lipinski definition) is 2. The predicted molar refractivity (Wildman–Crippen MR) is 66.7 cm³/mol. The molecule has 0 aliphatic rings. The number of rotatable bonds is 1. The molecule has 0 amide bonds. The number of phenolic OH excluding ortho intramolecular Hbond substituents is 1. The van der Waals surface area contributed by atoms with Crippen molar-refractivity contribution < 1.29 is 5.11 Å². The zero-order valence-corrected chi connectivity index (χ0v) is 9.48. The highest BCUT2D eigenvalue weighted by atomic mass is 32.1. The number of fused-ring (bicyclic) bond motifs is 1. The van der Waals surface area contributed by atoms with Crippen molar-refractivity contribution >= 4 is 27.5 Å². The molecule has 2 aromatic heterocycles. The van der Waals surface area contributed by atoms with Crippen LogP contribution >= 0.6 is 11.3 Å². The van der Waals surface area contributed by atoms with E-state index in [4.69, 9.17) is 5.73 Å². The second kappa shape index (κ2) is 3.67. The van der Waals surface area contributed by atoms with Crippen LogP contribution in [0.2, 0.25) is 0 Å². The Balaban J connectivity index is 2.17. The third-order valence-corrected chi connectivity index (χ3v) is 3.32. The molecule has 17 heavy (non-hydrogen) atoms. The van der Waals surface area contributed by atoms with Gasteiger partial charge in [0.2, 0.25) is 0 Å². The van der Waals surface area contributed by atoms with Gasteiger partial charge in [0.05, 0.1) is 5.69 Å². The molecule has 0 saturated heterocycles. The van der Waals surface area contributed by atoms with Crippen LogP contribution in [-0.2, 0) is 0 Å². The van der Waals surface area contributed by atoms with Gasteiger partial charge in [-0.1, -0.05) is 11.3 Å². The second-order valence-electron chi connectivity index (χ2n) is 3.48. The Labute approximate surface area is 101 Å². The summed E-state index contributed by atoms with van der Waals surface area (Å²) >= 11 is 1.44. The molecule has 0 saturated carbocycles. The molecule has 6 heteroatoms. The molecule has 0 atom stereocenters. The van der Waals surface area contributed by atoms with Crippen LogP contribution < -0.4 is 5.73 Å². The van der Waals surface area contributed by atoms with Crippen LogP contribution in [-0.4, -0.2) is 20.1 Å². The molecule has 1 aromatic carbocycles. The van der Waals surface area contributed by atoms with E-state index in [0.717, 1.165) is 15.4 Å². The highest BCUT2D eigenvalue weighted by Crippen LogP contribution is 2.31. The lowest BCUT2D eigenvalue weighted by molar-refractivity contribution is 0.478. The van der Waals surface area contributed by atoms with Gasteiger partial charge in [-0.05, 0) is 18.2 Å². The maximum atomic E-state index is 9.36. The summed E-state index contributed by atoms with van der Waals surface area (Å²) in [5.74, 6) is 0.0751. The molecular weight excluding hydrogens is 236 g/mol. The van der Waals surface area contributed by atoms with E-state index in [-0.39, 0.29) is 5.75 Å². The van der Waals surface area contributed by atoms with E-state index in [0.29, 0.717) is 11.3 Å². The molecule has 3 rings (SSSR count). The number of benzene rings is 1. The summed E-state index contributed by atoms with van der Waals surface area (Å²) in [5, 5.41) is 10.2. The standard InChI is InChI=1S/C11H8N4OS/c12-7-5-6(1-2-8(7)16)10-15-9-11(17-10)14-4-3-13-9/h1-5,16H,12H2. The van der Waals surface area contributed by atoms with Gasteiger partial charge in [-0.3, -0.25) is 0 Å². The van der Waals surface area contributed by atoms with E-state index in [1.807, 2.05) is 0 Å². The summed E-state index contributed by atoms with van der Waals surface area (Å²) in [6.07, 6.45) is 3.24. The van der Waals surface area contributed by atoms with Gasteiger partial charge in [-0.25, -0.2) is 15.0 Å². The molecule has 84 valence electrons. The lowest BCUT2D eigenvalue weighted by Gasteiger charge is -2.00. The van der Waals surface area contributed by atoms with Crippen LogP contribution in [0.3, 0.4) is 0 Å². The van der Waals surface area contributed by atoms with Crippen LogP contribution in [0.5, 0.6) is 5.75 Å². The molecule has 5 nitrogen and oxygen atoms in total. The normalized spacial score (nSPS) is 10.8. The molecule has 0 fully saturated rings. The summed E-state index contributed by atoms with van der Waals surface area (Å²) in [6.45, 7) is 0. The van der Waals surface area contributed by atoms with Crippen molar-refractivity contribution in [3.63, 3.8) is 0 Å². The largest absolute Gasteiger partial charge is 0.506 e. The van der Waals surface area contributed by atoms with E-state index < -0.39 is 0 Å². The maximum absolute atomic E-state index is 9.36. The summed E-state index contributed by atoms with van der Waals surface area (Å²) in [6, 6.07) is 5.01. The molecule has 3 aromatic rings. The first-order chi connectivity index (χ1) is 8.24. The predicted octanol–water partition coefficient (Wildman–Crippen LogP) is 2.04. The van der Waals surface area contributed by atoms with Gasteiger partial charge in [-0.2, -0.15) is 0 Å². The van der Waals surface area contributed by atoms with Crippen molar-refractivity contribution in [2.24, 2.45) is 0 Å². The SMILES string of the molecule is Nc1cc(-c2nc3nccnc3s2)ccc1O. The first-order valence-corrected chi connectivity index (χ1v) is 5.72. The van der Waals surface area contributed by atoms with Crippen LogP contribution in [0, 0.1) is 0 Å². The Morgan fingerprint density at radius 2 is 2.00 bits per heavy atom. The van der Waals surface area contributed by atoms with Crippen LogP contribution in [0.1, 0.15) is 0 Å². The molecule has 0 spiro atoms. The number of anilines is 1. The third-order valence-electron chi connectivity index (χ3n) is 2.32. The first kappa shape index (κ1) is 9.98. The molecule has 0 bridgehead atoms. The zero-order valence-electron chi connectivity index (χ0n) is 8.66. The minimum atomic E-state index is 0.0751. The average molecular weight is 244 g/mol. The monoisotopic (exact) mass is 244 g/mol. The number of aromatic nitrogens is 3. The van der Waals surface area contributed by atoms with Crippen molar-refractivity contribution in [3.8, 4) is 16.3 Å². The number of thiazole rings is 1. The molecule has 0 radical (unpaired) electrons. The summed E-state index contributed by atoms with van der Waals surface area (Å²) < 4.78 is 0. The Morgan fingerprint density at radius 1 is 1.18 bits per heavy atom. The fourth-order valence-corrected chi connectivity index (χ4v) is 2.35. The molecule has 0 aliphatic heterocycles. The Morgan fingerprint density at radius 3 is 2.76 bits per heavy atom. The fraction of sp³-hybridized carbons (Fsp3) is 0. The Bertz CT molecular complexity index is 662. The van der Waals surface area contributed by atoms with E-state index in [9.17, 15) is 5.11 Å². The minimum Gasteiger partial charge on any atom is -0.506 e. The van der Waals surface area contributed by atoms with Crippen LogP contribution in [0.25, 0.3) is 21.0 Å². The van der Waals surface area contributed by atoms with Gasteiger partial charge in [0.15, 0.2) is 10.5 Å². The minimum absolute atomic E-state index is 0.0751. The van der Waals surface area contributed by atoms with Gasteiger partial charge < -0.3 is 10.8 Å². The number of aromatic hydroxyl groups is 1. The van der Waals surface area contributed by atoms with Gasteiger partial charge >= 0.3 is 0 Å². The number of hydrogen-bond acceptors (Lipinski definition) is 6. The van der Waals surface area contributed by atoms with Crippen molar-refractivity contribution in [1.82, 2.24) is 15.0 Å². The van der Waals surface area contributed by atoms with Gasteiger partial charge in [-0.15, -0.1) is 0 Å². The van der Waals surface area contributed by atoms with E-state index in [1.54, 1.807) is 30.6 Å². The van der Waals surface area contributed by atoms with Gasteiger partial charge in [0, 0.05) is 18.0 Å². The first-order valence-electron chi connectivity index (χ1n) is 4.90. The second-order valence-corrected chi connectivity index (χ2v) is 4.46. The van der Waals surface area contributed by atoms with E-state index in [1.165, 1.54) is 11.3 Å². The average Bonchev–Trinajstić information content (AvgIpc) is 2.76. The number of phenols is 1. The van der Waals surface area contributed by atoms with Crippen LogP contribution in [0.15, 0.2) is 30.6 Å². The molecule has 2 heterocycles.